The van der Waals surface area contributed by atoms with Crippen LogP contribution in [0.5, 0.6) is 0 Å². The van der Waals surface area contributed by atoms with Gasteiger partial charge in [-0.3, -0.25) is 9.97 Å². The van der Waals surface area contributed by atoms with Crippen LogP contribution in [0, 0.1) is 0 Å². The molecule has 0 saturated heterocycles. The van der Waals surface area contributed by atoms with Crippen molar-refractivity contribution in [3.8, 4) is 0 Å². The van der Waals surface area contributed by atoms with Crippen LogP contribution in [0.2, 0.25) is 0 Å². The number of anilines is 1. The Morgan fingerprint density at radius 2 is 2.00 bits per heavy atom. The normalized spacial score (nSPS) is 10.6. The third-order valence-electron chi connectivity index (χ3n) is 2.93. The number of fused-ring (bicyclic) bond motifs is 1. The first kappa shape index (κ1) is 12.1. The minimum absolute atomic E-state index is 0.696. The standard InChI is InChI=1S/C15H12BrN3/c16-12-4-5-13(18-8-12)9-19-15-3-1-2-11-6-7-17-10-14(11)15/h1-8,10,19H,9H2. The summed E-state index contributed by atoms with van der Waals surface area (Å²) in [6, 6.07) is 12.2. The number of pyridine rings is 2. The molecule has 3 nitrogen and oxygen atoms in total. The summed E-state index contributed by atoms with van der Waals surface area (Å²) in [6.07, 6.45) is 5.50. The van der Waals surface area contributed by atoms with E-state index >= 15 is 0 Å². The third kappa shape index (κ3) is 2.74. The molecule has 1 aromatic carbocycles. The van der Waals surface area contributed by atoms with Gasteiger partial charge >= 0.3 is 0 Å². The summed E-state index contributed by atoms with van der Waals surface area (Å²) in [5.74, 6) is 0. The van der Waals surface area contributed by atoms with Crippen LogP contribution >= 0.6 is 15.9 Å². The smallest absolute Gasteiger partial charge is 0.0595 e. The first-order chi connectivity index (χ1) is 9.33. The molecular weight excluding hydrogens is 302 g/mol. The summed E-state index contributed by atoms with van der Waals surface area (Å²) in [5, 5.41) is 5.72. The first-order valence-electron chi connectivity index (χ1n) is 6.00. The van der Waals surface area contributed by atoms with Crippen molar-refractivity contribution in [2.24, 2.45) is 0 Å². The Morgan fingerprint density at radius 3 is 2.84 bits per heavy atom. The minimum atomic E-state index is 0.696. The molecule has 1 N–H and O–H groups in total. The van der Waals surface area contributed by atoms with Gasteiger partial charge in [0.15, 0.2) is 0 Å². The molecule has 3 rings (SSSR count). The highest BCUT2D eigenvalue weighted by molar-refractivity contribution is 9.10. The summed E-state index contributed by atoms with van der Waals surface area (Å²) < 4.78 is 0.991. The first-order valence-corrected chi connectivity index (χ1v) is 6.79. The summed E-state index contributed by atoms with van der Waals surface area (Å²) in [5.41, 5.74) is 2.08. The molecule has 19 heavy (non-hydrogen) atoms. The van der Waals surface area contributed by atoms with Gasteiger partial charge in [-0.05, 0) is 45.6 Å². The number of nitrogens with zero attached hydrogens (tertiary/aromatic N) is 2. The molecule has 2 aromatic heterocycles. The second-order valence-electron chi connectivity index (χ2n) is 4.22. The van der Waals surface area contributed by atoms with Gasteiger partial charge in [0.05, 0.1) is 12.2 Å². The van der Waals surface area contributed by atoms with Crippen LogP contribution in [-0.4, -0.2) is 9.97 Å². The predicted octanol–water partition coefficient (Wildman–Crippen LogP) is 4.00. The van der Waals surface area contributed by atoms with Crippen LogP contribution in [0.3, 0.4) is 0 Å². The van der Waals surface area contributed by atoms with E-state index in [0.29, 0.717) is 6.54 Å². The average molecular weight is 314 g/mol. The fourth-order valence-electron chi connectivity index (χ4n) is 1.96. The quantitative estimate of drug-likeness (QED) is 0.794. The van der Waals surface area contributed by atoms with E-state index in [0.717, 1.165) is 21.2 Å². The van der Waals surface area contributed by atoms with Crippen molar-refractivity contribution < 1.29 is 0 Å². The molecule has 3 aromatic rings. The zero-order valence-corrected chi connectivity index (χ0v) is 11.8. The van der Waals surface area contributed by atoms with Gasteiger partial charge in [0, 0.05) is 34.1 Å². The van der Waals surface area contributed by atoms with Crippen molar-refractivity contribution in [2.45, 2.75) is 6.54 Å². The van der Waals surface area contributed by atoms with Gasteiger partial charge in [-0.1, -0.05) is 12.1 Å². The van der Waals surface area contributed by atoms with Gasteiger partial charge in [-0.2, -0.15) is 0 Å². The second kappa shape index (κ2) is 5.36. The number of nitrogens with one attached hydrogen (secondary N) is 1. The number of rotatable bonds is 3. The number of hydrogen-bond donors (Lipinski definition) is 1. The highest BCUT2D eigenvalue weighted by Crippen LogP contribution is 2.22. The Hall–Kier alpha value is -1.94. The van der Waals surface area contributed by atoms with E-state index in [1.807, 2.05) is 42.9 Å². The maximum absolute atomic E-state index is 4.35. The lowest BCUT2D eigenvalue weighted by atomic mass is 10.1. The number of benzene rings is 1. The number of aromatic nitrogens is 2. The van der Waals surface area contributed by atoms with Crippen LogP contribution in [0.25, 0.3) is 10.8 Å². The van der Waals surface area contributed by atoms with E-state index < -0.39 is 0 Å². The maximum atomic E-state index is 4.35. The summed E-state index contributed by atoms with van der Waals surface area (Å²) in [7, 11) is 0. The molecule has 0 unspecified atom stereocenters. The lowest BCUT2D eigenvalue weighted by Gasteiger charge is -2.09. The van der Waals surface area contributed by atoms with Crippen LogP contribution in [0.15, 0.2) is 59.5 Å². The lowest BCUT2D eigenvalue weighted by Crippen LogP contribution is -2.01. The Labute approximate surface area is 119 Å². The van der Waals surface area contributed by atoms with E-state index in [1.165, 1.54) is 5.39 Å². The summed E-state index contributed by atoms with van der Waals surface area (Å²) >= 11 is 3.38. The van der Waals surface area contributed by atoms with Gasteiger partial charge in [0.2, 0.25) is 0 Å². The Kier molecular flexibility index (Phi) is 3.42. The number of hydrogen-bond acceptors (Lipinski definition) is 3. The Balaban J connectivity index is 1.84. The molecule has 0 fully saturated rings. The largest absolute Gasteiger partial charge is 0.379 e. The van der Waals surface area contributed by atoms with E-state index in [2.05, 4.69) is 43.3 Å². The molecule has 2 heterocycles. The molecule has 0 aliphatic rings. The molecule has 0 aliphatic heterocycles. The molecular formula is C15H12BrN3. The van der Waals surface area contributed by atoms with Crippen LogP contribution in [0.1, 0.15) is 5.69 Å². The minimum Gasteiger partial charge on any atom is -0.379 e. The van der Waals surface area contributed by atoms with Crippen molar-refractivity contribution in [2.75, 3.05) is 5.32 Å². The second-order valence-corrected chi connectivity index (χ2v) is 5.14. The fraction of sp³-hybridized carbons (Fsp3) is 0.0667. The zero-order valence-electron chi connectivity index (χ0n) is 10.2. The van der Waals surface area contributed by atoms with Crippen molar-refractivity contribution in [3.05, 3.63) is 65.2 Å². The van der Waals surface area contributed by atoms with Crippen LogP contribution in [0.4, 0.5) is 5.69 Å². The molecule has 0 radical (unpaired) electrons. The predicted molar refractivity (Wildman–Crippen MR) is 81.0 cm³/mol. The molecule has 0 aliphatic carbocycles. The molecule has 0 amide bonds. The Bertz CT molecular complexity index is 690. The van der Waals surface area contributed by atoms with Crippen molar-refractivity contribution in [1.29, 1.82) is 0 Å². The fourth-order valence-corrected chi connectivity index (χ4v) is 2.20. The van der Waals surface area contributed by atoms with E-state index in [9.17, 15) is 0 Å². The lowest BCUT2D eigenvalue weighted by molar-refractivity contribution is 1.04. The average Bonchev–Trinajstić information content (AvgIpc) is 2.47. The van der Waals surface area contributed by atoms with E-state index in [4.69, 9.17) is 0 Å². The molecule has 0 bridgehead atoms. The van der Waals surface area contributed by atoms with Crippen LogP contribution in [-0.2, 0) is 6.54 Å². The molecule has 4 heteroatoms. The molecule has 0 spiro atoms. The van der Waals surface area contributed by atoms with Gasteiger partial charge in [-0.15, -0.1) is 0 Å². The van der Waals surface area contributed by atoms with E-state index in [1.54, 1.807) is 0 Å². The van der Waals surface area contributed by atoms with Gasteiger partial charge in [-0.25, -0.2) is 0 Å². The van der Waals surface area contributed by atoms with Crippen molar-refractivity contribution in [3.63, 3.8) is 0 Å². The topological polar surface area (TPSA) is 37.8 Å². The molecule has 0 atom stereocenters. The zero-order chi connectivity index (χ0) is 13.1. The molecule has 0 saturated carbocycles. The summed E-state index contributed by atoms with van der Waals surface area (Å²) in [4.78, 5) is 8.53. The van der Waals surface area contributed by atoms with Crippen LogP contribution < -0.4 is 5.32 Å². The van der Waals surface area contributed by atoms with E-state index in [-0.39, 0.29) is 0 Å². The van der Waals surface area contributed by atoms with Gasteiger partial charge in [0.1, 0.15) is 0 Å². The SMILES string of the molecule is Brc1ccc(CNc2cccc3ccncc23)nc1. The number of halogens is 1. The maximum Gasteiger partial charge on any atom is 0.0595 e. The van der Waals surface area contributed by atoms with Crippen molar-refractivity contribution >= 4 is 32.4 Å². The summed E-state index contributed by atoms with van der Waals surface area (Å²) in [6.45, 7) is 0.696. The third-order valence-corrected chi connectivity index (χ3v) is 3.40. The van der Waals surface area contributed by atoms with Crippen molar-refractivity contribution in [1.82, 2.24) is 9.97 Å². The molecule has 94 valence electrons. The highest BCUT2D eigenvalue weighted by atomic mass is 79.9. The highest BCUT2D eigenvalue weighted by Gasteiger charge is 2.01. The Morgan fingerprint density at radius 1 is 1.05 bits per heavy atom. The van der Waals surface area contributed by atoms with Gasteiger partial charge < -0.3 is 5.32 Å². The van der Waals surface area contributed by atoms with Gasteiger partial charge in [0.25, 0.3) is 0 Å². The monoisotopic (exact) mass is 313 g/mol.